The summed E-state index contributed by atoms with van der Waals surface area (Å²) in [5, 5.41) is 19.9. The first-order valence-electron chi connectivity index (χ1n) is 9.09. The topological polar surface area (TPSA) is 57.5 Å². The van der Waals surface area contributed by atoms with Crippen LogP contribution >= 0.6 is 0 Å². The summed E-state index contributed by atoms with van der Waals surface area (Å²) in [6, 6.07) is 12.0. The van der Waals surface area contributed by atoms with E-state index in [-0.39, 0.29) is 17.3 Å². The van der Waals surface area contributed by atoms with E-state index < -0.39 is 5.97 Å². The minimum absolute atomic E-state index is 0.105. The fourth-order valence-corrected chi connectivity index (χ4v) is 3.19. The van der Waals surface area contributed by atoms with Gasteiger partial charge in [0.05, 0.1) is 0 Å². The van der Waals surface area contributed by atoms with Crippen LogP contribution in [0.4, 0.5) is 0 Å². The smallest absolute Gasteiger partial charge is 0.303 e. The van der Waals surface area contributed by atoms with Gasteiger partial charge in [-0.1, -0.05) is 65.8 Å². The summed E-state index contributed by atoms with van der Waals surface area (Å²) in [4.78, 5) is 11.0. The molecule has 2 N–H and O–H groups in total. The van der Waals surface area contributed by atoms with E-state index in [2.05, 4.69) is 41.5 Å². The lowest BCUT2D eigenvalue weighted by Gasteiger charge is -2.28. The van der Waals surface area contributed by atoms with Crippen molar-refractivity contribution >= 4 is 5.97 Å². The Balaban J connectivity index is 2.69. The highest BCUT2D eigenvalue weighted by Crippen LogP contribution is 2.42. The van der Waals surface area contributed by atoms with Crippen molar-refractivity contribution in [3.63, 3.8) is 0 Å². The molecule has 0 aliphatic rings. The van der Waals surface area contributed by atoms with E-state index in [1.54, 1.807) is 0 Å². The number of carbonyl (C=O) groups is 1. The Morgan fingerprint density at radius 1 is 0.923 bits per heavy atom. The number of aliphatic carboxylic acids is 1. The second kappa shape index (κ2) is 7.14. The summed E-state index contributed by atoms with van der Waals surface area (Å²) in [6.45, 7) is 12.6. The first kappa shape index (κ1) is 20.0. The van der Waals surface area contributed by atoms with E-state index in [0.717, 1.165) is 27.8 Å². The van der Waals surface area contributed by atoms with E-state index >= 15 is 0 Å². The number of carboxylic acids is 1. The number of phenolic OH excluding ortho intramolecular Hbond substituents is 1. The third-order valence-corrected chi connectivity index (χ3v) is 4.66. The molecule has 0 spiro atoms. The predicted molar refractivity (Wildman–Crippen MR) is 107 cm³/mol. The Hall–Kier alpha value is -2.29. The second-order valence-electron chi connectivity index (χ2n) is 8.97. The summed E-state index contributed by atoms with van der Waals surface area (Å²) in [5.41, 5.74) is 4.50. The van der Waals surface area contributed by atoms with Crippen molar-refractivity contribution in [2.45, 2.75) is 65.2 Å². The van der Waals surface area contributed by atoms with E-state index in [9.17, 15) is 9.90 Å². The van der Waals surface area contributed by atoms with Gasteiger partial charge in [-0.3, -0.25) is 4.79 Å². The average molecular weight is 354 g/mol. The van der Waals surface area contributed by atoms with Crippen LogP contribution < -0.4 is 0 Å². The molecule has 0 saturated heterocycles. The Morgan fingerprint density at radius 2 is 1.42 bits per heavy atom. The molecule has 2 aromatic carbocycles. The molecule has 0 unspecified atom stereocenters. The highest BCUT2D eigenvalue weighted by Gasteiger charge is 2.27. The fraction of sp³-hybridized carbons (Fsp3) is 0.435. The molecule has 0 aliphatic heterocycles. The molecule has 3 nitrogen and oxygen atoms in total. The molecule has 0 amide bonds. The molecule has 2 aromatic rings. The van der Waals surface area contributed by atoms with Gasteiger partial charge in [-0.25, -0.2) is 0 Å². The molecule has 140 valence electrons. The Morgan fingerprint density at radius 3 is 1.88 bits per heavy atom. The zero-order valence-electron chi connectivity index (χ0n) is 16.7. The lowest BCUT2D eigenvalue weighted by Crippen LogP contribution is -2.17. The Kier molecular flexibility index (Phi) is 5.50. The molecule has 26 heavy (non-hydrogen) atoms. The normalized spacial score (nSPS) is 12.2. The minimum atomic E-state index is -0.795. The van der Waals surface area contributed by atoms with Gasteiger partial charge in [0.1, 0.15) is 5.75 Å². The van der Waals surface area contributed by atoms with Gasteiger partial charge in [0.2, 0.25) is 0 Å². The summed E-state index contributed by atoms with van der Waals surface area (Å²) in [6.07, 6.45) is 0.593. The molecule has 0 atom stereocenters. The number of hydrogen-bond acceptors (Lipinski definition) is 2. The van der Waals surface area contributed by atoms with Crippen molar-refractivity contribution < 1.29 is 15.0 Å². The molecule has 0 bridgehead atoms. The fourth-order valence-electron chi connectivity index (χ4n) is 3.19. The van der Waals surface area contributed by atoms with Crippen LogP contribution in [0, 0.1) is 0 Å². The summed E-state index contributed by atoms with van der Waals surface area (Å²) < 4.78 is 0. The third-order valence-electron chi connectivity index (χ3n) is 4.66. The summed E-state index contributed by atoms with van der Waals surface area (Å²) in [5.74, 6) is -0.437. The molecule has 3 heteroatoms. The molecular formula is C23H30O3. The zero-order chi connectivity index (χ0) is 19.7. The Labute approximate surface area is 156 Å². The van der Waals surface area contributed by atoms with E-state index in [4.69, 9.17) is 5.11 Å². The highest BCUT2D eigenvalue weighted by molar-refractivity contribution is 5.73. The van der Waals surface area contributed by atoms with Crippen molar-refractivity contribution in [2.75, 3.05) is 0 Å². The summed E-state index contributed by atoms with van der Waals surface area (Å²) in [7, 11) is 0. The molecule has 0 heterocycles. The number of aryl methyl sites for hydroxylation is 1. The number of benzene rings is 2. The van der Waals surface area contributed by atoms with Crippen LogP contribution in [-0.4, -0.2) is 16.2 Å². The first-order chi connectivity index (χ1) is 11.9. The van der Waals surface area contributed by atoms with Crippen LogP contribution in [0.5, 0.6) is 5.75 Å². The molecule has 0 radical (unpaired) electrons. The maximum absolute atomic E-state index is 11.0. The van der Waals surface area contributed by atoms with Crippen LogP contribution in [0.2, 0.25) is 0 Å². The largest absolute Gasteiger partial charge is 0.507 e. The summed E-state index contributed by atoms with van der Waals surface area (Å²) >= 11 is 0. The average Bonchev–Trinajstić information content (AvgIpc) is 2.51. The monoisotopic (exact) mass is 354 g/mol. The van der Waals surface area contributed by atoms with Crippen molar-refractivity contribution in [2.24, 2.45) is 0 Å². The van der Waals surface area contributed by atoms with Crippen LogP contribution in [0.3, 0.4) is 0 Å². The molecule has 0 aromatic heterocycles. The lowest BCUT2D eigenvalue weighted by atomic mass is 9.77. The maximum Gasteiger partial charge on any atom is 0.303 e. The van der Waals surface area contributed by atoms with Gasteiger partial charge in [-0.15, -0.1) is 0 Å². The molecule has 0 saturated carbocycles. The third kappa shape index (κ3) is 4.46. The minimum Gasteiger partial charge on any atom is -0.507 e. The van der Waals surface area contributed by atoms with Gasteiger partial charge in [0, 0.05) is 17.5 Å². The van der Waals surface area contributed by atoms with E-state index in [1.807, 2.05) is 36.4 Å². The van der Waals surface area contributed by atoms with Crippen molar-refractivity contribution in [3.05, 3.63) is 53.1 Å². The standard InChI is InChI=1S/C23H30O3/c1-22(2,3)18-13-16(14-19(21(18)26)23(4,5)6)17-10-8-7-9-15(17)11-12-20(24)25/h7-10,13-14,26H,11-12H2,1-6H3,(H,24,25). The molecule has 2 rings (SSSR count). The van der Waals surface area contributed by atoms with Gasteiger partial charge in [-0.05, 0) is 46.1 Å². The quantitative estimate of drug-likeness (QED) is 0.743. The van der Waals surface area contributed by atoms with Crippen molar-refractivity contribution in [3.8, 4) is 16.9 Å². The SMILES string of the molecule is CC(C)(C)c1cc(-c2ccccc2CCC(=O)O)cc(C(C)(C)C)c1O. The maximum atomic E-state index is 11.0. The Bertz CT molecular complexity index is 770. The van der Waals surface area contributed by atoms with Crippen LogP contribution in [0.1, 0.15) is 64.7 Å². The first-order valence-corrected chi connectivity index (χ1v) is 9.09. The van der Waals surface area contributed by atoms with Crippen LogP contribution in [0.25, 0.3) is 11.1 Å². The van der Waals surface area contributed by atoms with Gasteiger partial charge >= 0.3 is 5.97 Å². The number of phenols is 1. The van der Waals surface area contributed by atoms with Gasteiger partial charge in [-0.2, -0.15) is 0 Å². The number of aromatic hydroxyl groups is 1. The van der Waals surface area contributed by atoms with Crippen LogP contribution in [-0.2, 0) is 22.0 Å². The highest BCUT2D eigenvalue weighted by atomic mass is 16.4. The van der Waals surface area contributed by atoms with Crippen molar-refractivity contribution in [1.82, 2.24) is 0 Å². The van der Waals surface area contributed by atoms with E-state index in [1.165, 1.54) is 0 Å². The second-order valence-corrected chi connectivity index (χ2v) is 8.97. The molecule has 0 aliphatic carbocycles. The molecular weight excluding hydrogens is 324 g/mol. The predicted octanol–water partition coefficient (Wildman–Crippen LogP) is 5.67. The van der Waals surface area contributed by atoms with Gasteiger partial charge in [0.25, 0.3) is 0 Å². The number of hydrogen-bond donors (Lipinski definition) is 2. The van der Waals surface area contributed by atoms with Crippen molar-refractivity contribution in [1.29, 1.82) is 0 Å². The number of rotatable bonds is 4. The van der Waals surface area contributed by atoms with Gasteiger partial charge in [0.15, 0.2) is 0 Å². The lowest BCUT2D eigenvalue weighted by molar-refractivity contribution is -0.136. The zero-order valence-corrected chi connectivity index (χ0v) is 16.7. The van der Waals surface area contributed by atoms with Gasteiger partial charge < -0.3 is 10.2 Å². The number of carboxylic acid groups (broad SMARTS) is 1. The van der Waals surface area contributed by atoms with E-state index in [0.29, 0.717) is 12.2 Å². The molecule has 0 fully saturated rings. The van der Waals surface area contributed by atoms with Crippen LogP contribution in [0.15, 0.2) is 36.4 Å².